The maximum atomic E-state index is 13.3. The lowest BCUT2D eigenvalue weighted by Gasteiger charge is -2.30. The molecule has 5 aromatic rings. The maximum Gasteiger partial charge on any atom is 0.206 e. The van der Waals surface area contributed by atoms with Gasteiger partial charge in [-0.05, 0) is 127 Å². The van der Waals surface area contributed by atoms with Crippen LogP contribution in [0.3, 0.4) is 0 Å². The molecule has 0 heterocycles. The van der Waals surface area contributed by atoms with Crippen LogP contribution in [0.15, 0.2) is 131 Å². The smallest absolute Gasteiger partial charge is 0.206 e. The SMILES string of the molecule is CCC(C)(C)Oc1ccc(S(=O)(=O)c2ccc(-c3ccc(Oc4ccc(C(C)(C)c5ccc(C(C)(CC)CC)cc5)cc4)cc3)cc2)cc1. The lowest BCUT2D eigenvalue weighted by Crippen LogP contribution is -2.26. The van der Waals surface area contributed by atoms with E-state index in [2.05, 4.69) is 77.9 Å². The molecule has 256 valence electrons. The number of rotatable bonds is 13. The van der Waals surface area contributed by atoms with E-state index in [4.69, 9.17) is 9.47 Å². The average Bonchev–Trinajstić information content (AvgIpc) is 3.12. The molecule has 0 aliphatic heterocycles. The summed E-state index contributed by atoms with van der Waals surface area (Å²) in [4.78, 5) is 0.485. The third-order valence-electron chi connectivity index (χ3n) is 10.4. The Kier molecular flexibility index (Phi) is 10.5. The van der Waals surface area contributed by atoms with Crippen molar-refractivity contribution in [1.29, 1.82) is 0 Å². The molecule has 0 radical (unpaired) electrons. The predicted octanol–water partition coefficient (Wildman–Crippen LogP) is 11.9. The molecule has 4 nitrogen and oxygen atoms in total. The van der Waals surface area contributed by atoms with Gasteiger partial charge in [0.25, 0.3) is 0 Å². The lowest BCUT2D eigenvalue weighted by atomic mass is 9.74. The van der Waals surface area contributed by atoms with Crippen LogP contribution < -0.4 is 9.47 Å². The van der Waals surface area contributed by atoms with Crippen molar-refractivity contribution in [2.24, 2.45) is 0 Å². The van der Waals surface area contributed by atoms with Gasteiger partial charge in [-0.1, -0.05) is 102 Å². The van der Waals surface area contributed by atoms with Gasteiger partial charge in [0.05, 0.1) is 9.79 Å². The van der Waals surface area contributed by atoms with E-state index in [0.717, 1.165) is 41.9 Å². The fourth-order valence-corrected chi connectivity index (χ4v) is 7.21. The van der Waals surface area contributed by atoms with Crippen molar-refractivity contribution in [2.75, 3.05) is 0 Å². The third-order valence-corrected chi connectivity index (χ3v) is 12.2. The molecule has 0 aromatic heterocycles. The Balaban J connectivity index is 1.23. The van der Waals surface area contributed by atoms with Crippen LogP contribution in [0.2, 0.25) is 0 Å². The van der Waals surface area contributed by atoms with Crippen molar-refractivity contribution in [3.05, 3.63) is 138 Å². The second kappa shape index (κ2) is 14.2. The lowest BCUT2D eigenvalue weighted by molar-refractivity contribution is 0.105. The molecule has 0 fully saturated rings. The van der Waals surface area contributed by atoms with Gasteiger partial charge in [-0.2, -0.15) is 0 Å². The van der Waals surface area contributed by atoms with E-state index in [-0.39, 0.29) is 26.2 Å². The minimum atomic E-state index is -3.66. The van der Waals surface area contributed by atoms with Crippen molar-refractivity contribution in [3.63, 3.8) is 0 Å². The quantitative estimate of drug-likeness (QED) is 0.125. The van der Waals surface area contributed by atoms with Gasteiger partial charge in [-0.25, -0.2) is 8.42 Å². The van der Waals surface area contributed by atoms with Gasteiger partial charge in [-0.3, -0.25) is 0 Å². The van der Waals surface area contributed by atoms with E-state index < -0.39 is 9.84 Å². The van der Waals surface area contributed by atoms with Gasteiger partial charge < -0.3 is 9.47 Å². The summed E-state index contributed by atoms with van der Waals surface area (Å²) in [6, 6.07) is 38.9. The van der Waals surface area contributed by atoms with E-state index in [1.165, 1.54) is 16.7 Å². The van der Waals surface area contributed by atoms with E-state index in [0.29, 0.717) is 5.75 Å². The Bertz CT molecular complexity index is 1930. The molecule has 0 atom stereocenters. The first kappa shape index (κ1) is 35.9. The summed E-state index contributed by atoms with van der Waals surface area (Å²) < 4.78 is 38.8. The summed E-state index contributed by atoms with van der Waals surface area (Å²) in [6.07, 6.45) is 3.10. The first-order valence-electron chi connectivity index (χ1n) is 17.3. The molecule has 0 bridgehead atoms. The third kappa shape index (κ3) is 7.94. The Morgan fingerprint density at radius 2 is 0.837 bits per heavy atom. The van der Waals surface area contributed by atoms with Crippen LogP contribution in [0.5, 0.6) is 17.2 Å². The molecule has 0 aliphatic rings. The number of hydrogen-bond donors (Lipinski definition) is 0. The summed E-state index contributed by atoms with van der Waals surface area (Å²) >= 11 is 0. The molecular formula is C44H50O4S. The molecule has 5 heteroatoms. The minimum absolute atomic E-state index is 0.145. The van der Waals surface area contributed by atoms with E-state index >= 15 is 0 Å². The van der Waals surface area contributed by atoms with Gasteiger partial charge in [-0.15, -0.1) is 0 Å². The number of benzene rings is 5. The monoisotopic (exact) mass is 674 g/mol. The van der Waals surface area contributed by atoms with Crippen molar-refractivity contribution in [3.8, 4) is 28.4 Å². The fourth-order valence-electron chi connectivity index (χ4n) is 5.95. The summed E-state index contributed by atoms with van der Waals surface area (Å²) in [5.41, 5.74) is 5.56. The molecule has 5 aromatic carbocycles. The van der Waals surface area contributed by atoms with Crippen molar-refractivity contribution in [2.45, 2.75) is 101 Å². The Hall–Kier alpha value is -4.35. The van der Waals surface area contributed by atoms with Crippen molar-refractivity contribution < 1.29 is 17.9 Å². The Morgan fingerprint density at radius 3 is 1.29 bits per heavy atom. The summed E-state index contributed by atoms with van der Waals surface area (Å²) in [5.74, 6) is 2.15. The normalized spacial score (nSPS) is 12.5. The van der Waals surface area contributed by atoms with Gasteiger partial charge in [0.1, 0.15) is 22.8 Å². The van der Waals surface area contributed by atoms with Crippen molar-refractivity contribution in [1.82, 2.24) is 0 Å². The average molecular weight is 675 g/mol. The minimum Gasteiger partial charge on any atom is -0.488 e. The Morgan fingerprint density at radius 1 is 0.469 bits per heavy atom. The molecule has 0 spiro atoms. The van der Waals surface area contributed by atoms with E-state index in [1.54, 1.807) is 36.4 Å². The molecule has 0 amide bonds. The highest BCUT2D eigenvalue weighted by atomic mass is 32.2. The number of sulfone groups is 1. The van der Waals surface area contributed by atoms with E-state index in [1.807, 2.05) is 62.4 Å². The molecule has 49 heavy (non-hydrogen) atoms. The zero-order valence-corrected chi connectivity index (χ0v) is 31.0. The molecule has 0 saturated heterocycles. The summed E-state index contributed by atoms with van der Waals surface area (Å²) in [7, 11) is -3.66. The van der Waals surface area contributed by atoms with Crippen LogP contribution in [0.1, 0.15) is 91.3 Å². The fraction of sp³-hybridized carbons (Fsp3) is 0.318. The van der Waals surface area contributed by atoms with Gasteiger partial charge in [0.15, 0.2) is 0 Å². The molecule has 0 saturated carbocycles. The first-order chi connectivity index (χ1) is 23.2. The molecule has 0 N–H and O–H groups in total. The second-order valence-electron chi connectivity index (χ2n) is 14.3. The van der Waals surface area contributed by atoms with E-state index in [9.17, 15) is 8.42 Å². The zero-order valence-electron chi connectivity index (χ0n) is 30.2. The molecule has 5 rings (SSSR count). The van der Waals surface area contributed by atoms with Gasteiger partial charge >= 0.3 is 0 Å². The zero-order chi connectivity index (χ0) is 35.5. The highest BCUT2D eigenvalue weighted by Crippen LogP contribution is 2.37. The highest BCUT2D eigenvalue weighted by Gasteiger charge is 2.26. The van der Waals surface area contributed by atoms with Crippen LogP contribution in [0.4, 0.5) is 0 Å². The second-order valence-corrected chi connectivity index (χ2v) is 16.3. The van der Waals surface area contributed by atoms with Gasteiger partial charge in [0, 0.05) is 5.41 Å². The highest BCUT2D eigenvalue weighted by molar-refractivity contribution is 7.91. The Labute approximate surface area is 294 Å². The summed E-state index contributed by atoms with van der Waals surface area (Å²) in [6.45, 7) is 17.5. The summed E-state index contributed by atoms with van der Waals surface area (Å²) in [5, 5.41) is 0. The molecular weight excluding hydrogens is 625 g/mol. The van der Waals surface area contributed by atoms with Crippen LogP contribution in [-0.2, 0) is 20.7 Å². The first-order valence-corrected chi connectivity index (χ1v) is 18.8. The molecule has 0 unspecified atom stereocenters. The van der Waals surface area contributed by atoms with Crippen molar-refractivity contribution >= 4 is 9.84 Å². The van der Waals surface area contributed by atoms with Crippen LogP contribution in [0.25, 0.3) is 11.1 Å². The standard InChI is InChI=1S/C44H50O4S/c1-9-42(4,5)48-39-26-30-41(31-27-39)49(45,46)40-28-14-33(15-29-40)32-12-22-37(23-13-32)47-38-24-20-35(21-25-38)43(6,7)34-16-18-36(19-17-34)44(8,10-2)11-3/h12-31H,9-11H2,1-8H3. The van der Waals surface area contributed by atoms with Crippen LogP contribution in [-0.4, -0.2) is 14.0 Å². The molecule has 0 aliphatic carbocycles. The largest absolute Gasteiger partial charge is 0.488 e. The predicted molar refractivity (Wildman–Crippen MR) is 202 cm³/mol. The van der Waals surface area contributed by atoms with Gasteiger partial charge in [0.2, 0.25) is 9.84 Å². The van der Waals surface area contributed by atoms with Crippen LogP contribution in [0, 0.1) is 0 Å². The maximum absolute atomic E-state index is 13.3. The number of hydrogen-bond acceptors (Lipinski definition) is 4. The van der Waals surface area contributed by atoms with Crippen LogP contribution >= 0.6 is 0 Å². The topological polar surface area (TPSA) is 52.6 Å². The number of ether oxygens (including phenoxy) is 2.